The average molecular weight is 317 g/mol. The van der Waals surface area contributed by atoms with Crippen molar-refractivity contribution < 1.29 is 4.79 Å². The zero-order chi connectivity index (χ0) is 16.7. The standard InChI is InChI=1S/C22H36O/c1-5-7-19-18-9-8-16-15-17(23)10-14-22(16,4)20(18)11-13-21(19,3)12-6-2/h15,18-20H,5-14H2,1-4H3. The summed E-state index contributed by atoms with van der Waals surface area (Å²) >= 11 is 0. The lowest BCUT2D eigenvalue weighted by Gasteiger charge is -2.59. The predicted octanol–water partition coefficient (Wildman–Crippen LogP) is 6.32. The maximum atomic E-state index is 11.9. The first-order valence-corrected chi connectivity index (χ1v) is 10.2. The molecule has 0 aliphatic heterocycles. The van der Waals surface area contributed by atoms with Crippen molar-refractivity contribution in [2.45, 2.75) is 91.9 Å². The number of hydrogen-bond acceptors (Lipinski definition) is 1. The van der Waals surface area contributed by atoms with Crippen LogP contribution in [0.2, 0.25) is 0 Å². The highest BCUT2D eigenvalue weighted by Gasteiger charge is 2.54. The highest BCUT2D eigenvalue weighted by atomic mass is 16.1. The van der Waals surface area contributed by atoms with Crippen LogP contribution in [-0.4, -0.2) is 5.78 Å². The highest BCUT2D eigenvalue weighted by molar-refractivity contribution is 5.91. The smallest absolute Gasteiger partial charge is 0.155 e. The summed E-state index contributed by atoms with van der Waals surface area (Å²) in [5, 5.41) is 0. The first kappa shape index (κ1) is 17.2. The lowest BCUT2D eigenvalue weighted by Crippen LogP contribution is -2.50. The van der Waals surface area contributed by atoms with Gasteiger partial charge in [0.25, 0.3) is 0 Å². The SMILES string of the molecule is CCCC1C2CCC3=CC(=O)CCC3(C)C2CCC1(C)CCC. The summed E-state index contributed by atoms with van der Waals surface area (Å²) in [7, 11) is 0. The van der Waals surface area contributed by atoms with Gasteiger partial charge < -0.3 is 0 Å². The van der Waals surface area contributed by atoms with Crippen molar-refractivity contribution in [2.24, 2.45) is 28.6 Å². The maximum Gasteiger partial charge on any atom is 0.155 e. The van der Waals surface area contributed by atoms with E-state index in [1.807, 2.05) is 6.08 Å². The second kappa shape index (κ2) is 6.37. The van der Waals surface area contributed by atoms with Crippen LogP contribution in [0.15, 0.2) is 11.6 Å². The van der Waals surface area contributed by atoms with Gasteiger partial charge in [-0.05, 0) is 79.6 Å². The molecule has 0 aromatic carbocycles. The topological polar surface area (TPSA) is 17.1 Å². The third-order valence-corrected chi connectivity index (χ3v) is 7.90. The molecule has 1 heteroatoms. The van der Waals surface area contributed by atoms with Crippen LogP contribution in [0.3, 0.4) is 0 Å². The predicted molar refractivity (Wildman–Crippen MR) is 97.3 cm³/mol. The zero-order valence-electron chi connectivity index (χ0n) is 15.8. The Kier molecular flexibility index (Phi) is 4.78. The van der Waals surface area contributed by atoms with Gasteiger partial charge >= 0.3 is 0 Å². The second-order valence-electron chi connectivity index (χ2n) is 9.20. The summed E-state index contributed by atoms with van der Waals surface area (Å²) in [6.45, 7) is 9.81. The van der Waals surface area contributed by atoms with Gasteiger partial charge in [0.15, 0.2) is 5.78 Å². The molecule has 0 heterocycles. The Morgan fingerprint density at radius 3 is 2.57 bits per heavy atom. The van der Waals surface area contributed by atoms with Gasteiger partial charge in [0, 0.05) is 6.42 Å². The monoisotopic (exact) mass is 316 g/mol. The molecule has 0 radical (unpaired) electrons. The van der Waals surface area contributed by atoms with Crippen molar-refractivity contribution in [2.75, 3.05) is 0 Å². The minimum atomic E-state index is 0.330. The summed E-state index contributed by atoms with van der Waals surface area (Å²) in [6, 6.07) is 0. The molecule has 5 unspecified atom stereocenters. The van der Waals surface area contributed by atoms with E-state index < -0.39 is 0 Å². The second-order valence-corrected chi connectivity index (χ2v) is 9.20. The quantitative estimate of drug-likeness (QED) is 0.592. The first-order valence-electron chi connectivity index (χ1n) is 10.2. The molecule has 0 amide bonds. The Bertz CT molecular complexity index is 490. The van der Waals surface area contributed by atoms with E-state index in [2.05, 4.69) is 27.7 Å². The number of ketones is 1. The fourth-order valence-corrected chi connectivity index (χ4v) is 6.71. The average Bonchev–Trinajstić information content (AvgIpc) is 2.51. The number of rotatable bonds is 4. The molecule has 2 fully saturated rings. The lowest BCUT2D eigenvalue weighted by molar-refractivity contribution is -0.117. The molecular weight excluding hydrogens is 280 g/mol. The molecule has 0 N–H and O–H groups in total. The molecule has 23 heavy (non-hydrogen) atoms. The van der Waals surface area contributed by atoms with Gasteiger partial charge in [0.2, 0.25) is 0 Å². The third-order valence-electron chi connectivity index (χ3n) is 7.90. The van der Waals surface area contributed by atoms with Gasteiger partial charge in [0.1, 0.15) is 0 Å². The Labute approximate surface area is 143 Å². The molecule has 3 aliphatic carbocycles. The Balaban J connectivity index is 1.91. The van der Waals surface area contributed by atoms with Crippen molar-refractivity contribution in [3.05, 3.63) is 11.6 Å². The highest BCUT2D eigenvalue weighted by Crippen LogP contribution is 2.63. The van der Waals surface area contributed by atoms with E-state index in [1.54, 1.807) is 0 Å². The molecular formula is C22H36O. The van der Waals surface area contributed by atoms with E-state index in [1.165, 1.54) is 56.9 Å². The van der Waals surface area contributed by atoms with Crippen molar-refractivity contribution >= 4 is 5.78 Å². The van der Waals surface area contributed by atoms with Crippen LogP contribution in [0.1, 0.15) is 91.9 Å². The van der Waals surface area contributed by atoms with Crippen molar-refractivity contribution in [3.63, 3.8) is 0 Å². The summed E-state index contributed by atoms with van der Waals surface area (Å²) in [5.41, 5.74) is 2.40. The molecule has 3 aliphatic rings. The number of carbonyl (C=O) groups excluding carboxylic acids is 1. The lowest BCUT2D eigenvalue weighted by atomic mass is 9.46. The van der Waals surface area contributed by atoms with E-state index in [0.29, 0.717) is 16.6 Å². The molecule has 5 atom stereocenters. The minimum Gasteiger partial charge on any atom is -0.295 e. The third kappa shape index (κ3) is 2.83. The first-order chi connectivity index (χ1) is 10.9. The Morgan fingerprint density at radius 2 is 1.87 bits per heavy atom. The largest absolute Gasteiger partial charge is 0.295 e. The molecule has 0 spiro atoms. The summed E-state index contributed by atoms with van der Waals surface area (Å²) in [4.78, 5) is 11.9. The van der Waals surface area contributed by atoms with Crippen LogP contribution < -0.4 is 0 Å². The number of allylic oxidation sites excluding steroid dienone is 2. The van der Waals surface area contributed by atoms with Crippen LogP contribution in [0.25, 0.3) is 0 Å². The van der Waals surface area contributed by atoms with E-state index in [-0.39, 0.29) is 0 Å². The molecule has 0 saturated heterocycles. The van der Waals surface area contributed by atoms with Crippen LogP contribution >= 0.6 is 0 Å². The molecule has 1 nitrogen and oxygen atoms in total. The summed E-state index contributed by atoms with van der Waals surface area (Å²) in [6.07, 6.45) is 14.7. The Hall–Kier alpha value is -0.590. The van der Waals surface area contributed by atoms with E-state index in [0.717, 1.165) is 30.6 Å². The molecule has 130 valence electrons. The number of hydrogen-bond donors (Lipinski definition) is 0. The van der Waals surface area contributed by atoms with Gasteiger partial charge in [-0.15, -0.1) is 0 Å². The summed E-state index contributed by atoms with van der Waals surface area (Å²) in [5.74, 6) is 3.02. The fraction of sp³-hybridized carbons (Fsp3) is 0.864. The van der Waals surface area contributed by atoms with Crippen LogP contribution in [-0.2, 0) is 4.79 Å². The van der Waals surface area contributed by atoms with Gasteiger partial charge in [-0.3, -0.25) is 4.79 Å². The van der Waals surface area contributed by atoms with Gasteiger partial charge in [-0.25, -0.2) is 0 Å². The maximum absolute atomic E-state index is 11.9. The van der Waals surface area contributed by atoms with Crippen LogP contribution in [0.5, 0.6) is 0 Å². The van der Waals surface area contributed by atoms with Crippen LogP contribution in [0, 0.1) is 28.6 Å². The van der Waals surface area contributed by atoms with E-state index in [9.17, 15) is 4.79 Å². The van der Waals surface area contributed by atoms with Gasteiger partial charge in [-0.2, -0.15) is 0 Å². The zero-order valence-corrected chi connectivity index (χ0v) is 15.8. The van der Waals surface area contributed by atoms with Crippen molar-refractivity contribution in [3.8, 4) is 0 Å². The Morgan fingerprint density at radius 1 is 1.09 bits per heavy atom. The van der Waals surface area contributed by atoms with E-state index in [4.69, 9.17) is 0 Å². The molecule has 2 saturated carbocycles. The van der Waals surface area contributed by atoms with Crippen molar-refractivity contribution in [1.29, 1.82) is 0 Å². The van der Waals surface area contributed by atoms with Gasteiger partial charge in [0.05, 0.1) is 0 Å². The molecule has 3 rings (SSSR count). The molecule has 0 bridgehead atoms. The molecule has 0 aromatic rings. The van der Waals surface area contributed by atoms with Gasteiger partial charge in [-0.1, -0.05) is 46.1 Å². The molecule has 0 aromatic heterocycles. The number of fused-ring (bicyclic) bond motifs is 3. The minimum absolute atomic E-state index is 0.330. The fourth-order valence-electron chi connectivity index (χ4n) is 6.71. The summed E-state index contributed by atoms with van der Waals surface area (Å²) < 4.78 is 0. The van der Waals surface area contributed by atoms with Crippen molar-refractivity contribution in [1.82, 2.24) is 0 Å². The van der Waals surface area contributed by atoms with E-state index >= 15 is 0 Å². The van der Waals surface area contributed by atoms with Crippen LogP contribution in [0.4, 0.5) is 0 Å². The normalized spacial score (nSPS) is 43.6. The number of carbonyl (C=O) groups is 1.